The predicted molar refractivity (Wildman–Crippen MR) is 37.4 cm³/mol. The molecule has 0 aliphatic rings. The molecule has 8 heavy (non-hydrogen) atoms. The molecule has 0 aliphatic heterocycles. The van der Waals surface area contributed by atoms with E-state index in [2.05, 4.69) is 20.4 Å². The van der Waals surface area contributed by atoms with Crippen LogP contribution in [0.25, 0.3) is 0 Å². The smallest absolute Gasteiger partial charge is 0.000754 e. The molecule has 2 N–H and O–H groups in total. The minimum absolute atomic E-state index is 0.746. The van der Waals surface area contributed by atoms with Crippen LogP contribution < -0.4 is 5.73 Å². The fourth-order valence-electron chi connectivity index (χ4n) is 0.474. The van der Waals surface area contributed by atoms with Crippen molar-refractivity contribution in [2.75, 3.05) is 0 Å². The molecular weight excluding hydrogens is 98.1 g/mol. The lowest BCUT2D eigenvalue weighted by molar-refractivity contribution is 0.583. The monoisotopic (exact) mass is 113 g/mol. The summed E-state index contributed by atoms with van der Waals surface area (Å²) in [5.41, 5.74) is 6.15. The van der Waals surface area contributed by atoms with Crippen LogP contribution in [0, 0.1) is 5.92 Å². The molecule has 0 saturated heterocycles. The van der Waals surface area contributed by atoms with E-state index in [0.717, 1.165) is 24.5 Å². The van der Waals surface area contributed by atoms with Crippen LogP contribution in [-0.4, -0.2) is 0 Å². The summed E-state index contributed by atoms with van der Waals surface area (Å²) in [5, 5.41) is 0. The van der Waals surface area contributed by atoms with Crippen LogP contribution in [0.2, 0.25) is 0 Å². The van der Waals surface area contributed by atoms with E-state index in [9.17, 15) is 0 Å². The lowest BCUT2D eigenvalue weighted by Crippen LogP contribution is -1.96. The van der Waals surface area contributed by atoms with Gasteiger partial charge >= 0.3 is 0 Å². The van der Waals surface area contributed by atoms with Gasteiger partial charge in [-0.1, -0.05) is 20.4 Å². The molecule has 1 nitrogen and oxygen atoms in total. The van der Waals surface area contributed by atoms with Gasteiger partial charge in [0.05, 0.1) is 0 Å². The van der Waals surface area contributed by atoms with Crippen LogP contribution in [0.1, 0.15) is 26.7 Å². The summed E-state index contributed by atoms with van der Waals surface area (Å²) in [5.74, 6) is 0.746. The summed E-state index contributed by atoms with van der Waals surface area (Å²) in [6.45, 7) is 7.97. The van der Waals surface area contributed by atoms with Crippen LogP contribution in [-0.2, 0) is 0 Å². The maximum atomic E-state index is 5.35. The number of hydrogen-bond donors (Lipinski definition) is 1. The second-order valence-corrected chi connectivity index (χ2v) is 2.59. The van der Waals surface area contributed by atoms with E-state index in [1.807, 2.05) is 0 Å². The average molecular weight is 113 g/mol. The Balaban J connectivity index is 3.05. The Hall–Kier alpha value is -0.460. The molecule has 0 aliphatic carbocycles. The van der Waals surface area contributed by atoms with Gasteiger partial charge in [0.2, 0.25) is 0 Å². The first-order chi connectivity index (χ1) is 3.63. The first kappa shape index (κ1) is 7.54. The van der Waals surface area contributed by atoms with Crippen molar-refractivity contribution in [1.82, 2.24) is 0 Å². The molecule has 0 saturated carbocycles. The molecule has 0 spiro atoms. The van der Waals surface area contributed by atoms with E-state index >= 15 is 0 Å². The van der Waals surface area contributed by atoms with Gasteiger partial charge in [-0.25, -0.2) is 0 Å². The Labute approximate surface area is 51.6 Å². The minimum atomic E-state index is 0.746. The molecule has 1 heteroatoms. The van der Waals surface area contributed by atoms with E-state index in [0.29, 0.717) is 0 Å². The van der Waals surface area contributed by atoms with E-state index in [-0.39, 0.29) is 0 Å². The summed E-state index contributed by atoms with van der Waals surface area (Å²) < 4.78 is 0. The first-order valence-corrected chi connectivity index (χ1v) is 3.06. The molecule has 0 rings (SSSR count). The van der Waals surface area contributed by atoms with Crippen LogP contribution in [0.5, 0.6) is 0 Å². The first-order valence-electron chi connectivity index (χ1n) is 3.06. The van der Waals surface area contributed by atoms with Crippen LogP contribution in [0.3, 0.4) is 0 Å². The fraction of sp³-hybridized carbons (Fsp3) is 0.714. The molecule has 0 aromatic carbocycles. The average Bonchev–Trinajstić information content (AvgIpc) is 1.61. The lowest BCUT2D eigenvalue weighted by atomic mass is 10.1. The van der Waals surface area contributed by atoms with Gasteiger partial charge in [-0.05, 0) is 18.8 Å². The molecule has 48 valence electrons. The van der Waals surface area contributed by atoms with Crippen molar-refractivity contribution in [2.45, 2.75) is 26.7 Å². The molecule has 0 aromatic heterocycles. The summed E-state index contributed by atoms with van der Waals surface area (Å²) in [7, 11) is 0. The van der Waals surface area contributed by atoms with Gasteiger partial charge in [-0.15, -0.1) is 0 Å². The van der Waals surface area contributed by atoms with Gasteiger partial charge in [0.25, 0.3) is 0 Å². The topological polar surface area (TPSA) is 26.0 Å². The number of hydrogen-bond acceptors (Lipinski definition) is 1. The summed E-state index contributed by atoms with van der Waals surface area (Å²) in [6, 6.07) is 0. The summed E-state index contributed by atoms with van der Waals surface area (Å²) in [6.07, 6.45) is 2.13. The van der Waals surface area contributed by atoms with Gasteiger partial charge in [-0.2, -0.15) is 0 Å². The van der Waals surface area contributed by atoms with Crippen molar-refractivity contribution in [3.63, 3.8) is 0 Å². The second-order valence-electron chi connectivity index (χ2n) is 2.59. The van der Waals surface area contributed by atoms with Gasteiger partial charge in [-0.3, -0.25) is 0 Å². The highest BCUT2D eigenvalue weighted by molar-refractivity contribution is 4.85. The highest BCUT2D eigenvalue weighted by atomic mass is 14.5. The van der Waals surface area contributed by atoms with Crippen LogP contribution in [0.4, 0.5) is 0 Å². The van der Waals surface area contributed by atoms with Crippen molar-refractivity contribution in [2.24, 2.45) is 11.7 Å². The summed E-state index contributed by atoms with van der Waals surface area (Å²) >= 11 is 0. The molecule has 0 heterocycles. The lowest BCUT2D eigenvalue weighted by Gasteiger charge is -2.01. The highest BCUT2D eigenvalue weighted by Crippen LogP contribution is 2.05. The Morgan fingerprint density at radius 1 is 1.62 bits per heavy atom. The maximum Gasteiger partial charge on any atom is 0.000754 e. The zero-order valence-electron chi connectivity index (χ0n) is 5.78. The largest absolute Gasteiger partial charge is 0.403 e. The Bertz CT molecular complexity index is 74.5. The molecule has 0 aromatic rings. The van der Waals surface area contributed by atoms with Crippen molar-refractivity contribution in [3.05, 3.63) is 12.3 Å². The normalized spacial score (nSPS) is 9.88. The van der Waals surface area contributed by atoms with Crippen LogP contribution >= 0.6 is 0 Å². The van der Waals surface area contributed by atoms with Crippen molar-refractivity contribution in [1.29, 1.82) is 0 Å². The maximum absolute atomic E-state index is 5.35. The van der Waals surface area contributed by atoms with E-state index < -0.39 is 0 Å². The zero-order chi connectivity index (χ0) is 6.57. The van der Waals surface area contributed by atoms with E-state index in [1.54, 1.807) is 0 Å². The van der Waals surface area contributed by atoms with Crippen molar-refractivity contribution in [3.8, 4) is 0 Å². The predicted octanol–water partition coefficient (Wildman–Crippen LogP) is 1.90. The van der Waals surface area contributed by atoms with Gasteiger partial charge < -0.3 is 5.73 Å². The molecule has 0 bridgehead atoms. The standard InChI is InChI=1S/C7H15N/c1-6(2)4-5-7(3)8/h6H,3-5,8H2,1-2H3. The Morgan fingerprint density at radius 3 is 2.25 bits per heavy atom. The number of allylic oxidation sites excluding steroid dienone is 1. The molecule has 0 unspecified atom stereocenters. The van der Waals surface area contributed by atoms with Crippen molar-refractivity contribution >= 4 is 0 Å². The third-order valence-corrected chi connectivity index (χ3v) is 1.04. The van der Waals surface area contributed by atoms with Gasteiger partial charge in [0.1, 0.15) is 0 Å². The highest BCUT2D eigenvalue weighted by Gasteiger charge is 1.92. The molecule has 0 amide bonds. The Kier molecular flexibility index (Phi) is 3.33. The second kappa shape index (κ2) is 3.53. The van der Waals surface area contributed by atoms with Gasteiger partial charge in [0.15, 0.2) is 0 Å². The summed E-state index contributed by atoms with van der Waals surface area (Å²) in [4.78, 5) is 0. The van der Waals surface area contributed by atoms with E-state index in [4.69, 9.17) is 5.73 Å². The van der Waals surface area contributed by atoms with E-state index in [1.165, 1.54) is 0 Å². The molecule has 0 atom stereocenters. The minimum Gasteiger partial charge on any atom is -0.403 e. The van der Waals surface area contributed by atoms with Crippen LogP contribution in [0.15, 0.2) is 12.3 Å². The molecule has 0 fully saturated rings. The quantitative estimate of drug-likeness (QED) is 0.594. The Morgan fingerprint density at radius 2 is 2.12 bits per heavy atom. The van der Waals surface area contributed by atoms with Gasteiger partial charge in [0, 0.05) is 5.70 Å². The number of nitrogens with two attached hydrogens (primary N) is 1. The molecular formula is C7H15N. The molecule has 0 radical (unpaired) electrons. The third kappa shape index (κ3) is 5.54. The zero-order valence-corrected chi connectivity index (χ0v) is 5.78. The SMILES string of the molecule is C=C(N)CCC(C)C. The number of rotatable bonds is 3. The fourth-order valence-corrected chi connectivity index (χ4v) is 0.474. The third-order valence-electron chi connectivity index (χ3n) is 1.04. The van der Waals surface area contributed by atoms with Crippen molar-refractivity contribution < 1.29 is 0 Å².